The first kappa shape index (κ1) is 24.6. The summed E-state index contributed by atoms with van der Waals surface area (Å²) in [6.07, 6.45) is 6.53. The minimum Gasteiger partial charge on any atom is -0.476 e. The zero-order chi connectivity index (χ0) is 23.4. The van der Waals surface area contributed by atoms with Crippen molar-refractivity contribution in [2.45, 2.75) is 55.0 Å². The van der Waals surface area contributed by atoms with Crippen LogP contribution in [0.4, 0.5) is 9.18 Å². The minimum absolute atomic E-state index is 0.0391. The highest BCUT2D eigenvalue weighted by Gasteiger charge is 2.42. The normalized spacial score (nSPS) is 21.5. The number of cyclic esters (lactones) is 1. The van der Waals surface area contributed by atoms with Crippen LogP contribution in [0.15, 0.2) is 21.9 Å². The number of thiazole rings is 1. The van der Waals surface area contributed by atoms with Crippen molar-refractivity contribution in [3.8, 4) is 0 Å². The Bertz CT molecular complexity index is 959. The van der Waals surface area contributed by atoms with Gasteiger partial charge in [-0.3, -0.25) is 9.29 Å². The number of aliphatic hydroxyl groups is 1. The summed E-state index contributed by atoms with van der Waals surface area (Å²) in [7, 11) is -3.88. The molecule has 2 N–H and O–H groups in total. The lowest BCUT2D eigenvalue weighted by atomic mass is 9.62. The molecule has 32 heavy (non-hydrogen) atoms. The molecule has 2 aliphatic rings. The average Bonchev–Trinajstić information content (AvgIpc) is 3.34. The second-order valence-corrected chi connectivity index (χ2v) is 11.3. The number of hydrogen-bond acceptors (Lipinski definition) is 8. The van der Waals surface area contributed by atoms with Crippen molar-refractivity contribution in [3.05, 3.63) is 23.2 Å². The molecule has 1 aromatic rings. The van der Waals surface area contributed by atoms with Crippen LogP contribution in [0, 0.1) is 5.41 Å². The standard InChI is InChI=1S/C20H27FN2O7S2/c21-9-2-1-6-20(7-3-8-20)16(24)5-4-14-12-30-19(27)23(14)10-11-32(28,29)18-22-15(13-31-18)17(25)26/h4-5,13-14,16,24H,1-3,6-12H2,(H,25,26)/t14-,16+/m0/s1. The Balaban J connectivity index is 1.61. The maximum absolute atomic E-state index is 12.5. The van der Waals surface area contributed by atoms with E-state index in [0.29, 0.717) is 12.8 Å². The molecule has 1 saturated carbocycles. The van der Waals surface area contributed by atoms with E-state index in [1.54, 1.807) is 12.2 Å². The van der Waals surface area contributed by atoms with Gasteiger partial charge in [-0.05, 0) is 31.1 Å². The molecule has 0 spiro atoms. The number of carboxylic acids is 1. The van der Waals surface area contributed by atoms with E-state index >= 15 is 0 Å². The smallest absolute Gasteiger partial charge is 0.410 e. The monoisotopic (exact) mass is 490 g/mol. The summed E-state index contributed by atoms with van der Waals surface area (Å²) in [6.45, 7) is -0.493. The number of amides is 1. The van der Waals surface area contributed by atoms with E-state index in [9.17, 15) is 27.5 Å². The van der Waals surface area contributed by atoms with Crippen LogP contribution in [0.2, 0.25) is 0 Å². The summed E-state index contributed by atoms with van der Waals surface area (Å²) in [4.78, 5) is 27.9. The molecular formula is C20H27FN2O7S2. The fraction of sp³-hybridized carbons (Fsp3) is 0.650. The number of nitrogens with zero attached hydrogens (tertiary/aromatic N) is 2. The van der Waals surface area contributed by atoms with Gasteiger partial charge in [0.15, 0.2) is 5.69 Å². The van der Waals surface area contributed by atoms with E-state index in [-0.39, 0.29) is 35.3 Å². The average molecular weight is 491 g/mol. The van der Waals surface area contributed by atoms with Gasteiger partial charge >= 0.3 is 12.1 Å². The van der Waals surface area contributed by atoms with Gasteiger partial charge in [0, 0.05) is 11.9 Å². The predicted molar refractivity (Wildman–Crippen MR) is 114 cm³/mol. The number of aliphatic hydroxyl groups excluding tert-OH is 1. The van der Waals surface area contributed by atoms with Crippen LogP contribution in [0.3, 0.4) is 0 Å². The second kappa shape index (κ2) is 10.3. The zero-order valence-corrected chi connectivity index (χ0v) is 19.1. The van der Waals surface area contributed by atoms with E-state index in [0.717, 1.165) is 42.4 Å². The van der Waals surface area contributed by atoms with Gasteiger partial charge in [0.2, 0.25) is 14.2 Å². The molecule has 2 fully saturated rings. The number of unbranched alkanes of at least 4 members (excludes halogenated alkanes) is 1. The maximum Gasteiger partial charge on any atom is 0.410 e. The van der Waals surface area contributed by atoms with Gasteiger partial charge < -0.3 is 14.9 Å². The topological polar surface area (TPSA) is 134 Å². The molecule has 178 valence electrons. The summed E-state index contributed by atoms with van der Waals surface area (Å²) >= 11 is 0.718. The van der Waals surface area contributed by atoms with Gasteiger partial charge in [-0.15, -0.1) is 11.3 Å². The molecule has 0 radical (unpaired) electrons. The second-order valence-electron chi connectivity index (χ2n) is 8.15. The number of rotatable bonds is 12. The molecule has 1 aromatic heterocycles. The number of ether oxygens (including phenoxy) is 1. The quantitative estimate of drug-likeness (QED) is 0.337. The van der Waals surface area contributed by atoms with Gasteiger partial charge in [0.25, 0.3) is 0 Å². The Labute approximate surface area is 189 Å². The van der Waals surface area contributed by atoms with Gasteiger partial charge in [-0.25, -0.2) is 23.0 Å². The van der Waals surface area contributed by atoms with Gasteiger partial charge in [0.1, 0.15) is 6.61 Å². The zero-order valence-electron chi connectivity index (χ0n) is 17.5. The Hall–Kier alpha value is -2.05. The van der Waals surface area contributed by atoms with Gasteiger partial charge in [0.05, 0.1) is 24.6 Å². The molecule has 2 heterocycles. The van der Waals surface area contributed by atoms with E-state index in [2.05, 4.69) is 4.98 Å². The molecule has 1 aliphatic carbocycles. The number of carbonyl (C=O) groups excluding carboxylic acids is 1. The Morgan fingerprint density at radius 2 is 2.19 bits per heavy atom. The van der Waals surface area contributed by atoms with Crippen molar-refractivity contribution in [3.63, 3.8) is 0 Å². The van der Waals surface area contributed by atoms with Gasteiger partial charge in [-0.2, -0.15) is 0 Å². The van der Waals surface area contributed by atoms with Crippen molar-refractivity contribution in [1.29, 1.82) is 0 Å². The van der Waals surface area contributed by atoms with Crippen LogP contribution in [0.25, 0.3) is 0 Å². The number of sulfone groups is 1. The molecule has 0 bridgehead atoms. The van der Waals surface area contributed by atoms with Crippen LogP contribution in [-0.4, -0.2) is 78.3 Å². The predicted octanol–water partition coefficient (Wildman–Crippen LogP) is 2.66. The highest BCUT2D eigenvalue weighted by Crippen LogP contribution is 2.48. The number of aromatic carboxylic acids is 1. The fourth-order valence-corrected chi connectivity index (χ4v) is 6.37. The van der Waals surface area contributed by atoms with E-state index in [1.165, 1.54) is 4.90 Å². The van der Waals surface area contributed by atoms with Crippen LogP contribution in [0.1, 0.15) is 49.0 Å². The molecular weight excluding hydrogens is 463 g/mol. The third kappa shape index (κ3) is 5.46. The molecule has 9 nitrogen and oxygen atoms in total. The summed E-state index contributed by atoms with van der Waals surface area (Å²) in [5.41, 5.74) is -0.615. The van der Waals surface area contributed by atoms with Crippen molar-refractivity contribution in [2.24, 2.45) is 5.41 Å². The number of hydrogen-bond donors (Lipinski definition) is 2. The summed E-state index contributed by atoms with van der Waals surface area (Å²) < 4.78 is 42.2. The third-order valence-corrected chi connectivity index (χ3v) is 9.16. The summed E-state index contributed by atoms with van der Waals surface area (Å²) in [6, 6.07) is -0.527. The molecule has 1 saturated heterocycles. The number of halogens is 1. The van der Waals surface area contributed by atoms with E-state index in [4.69, 9.17) is 9.84 Å². The molecule has 2 atom stereocenters. The maximum atomic E-state index is 12.5. The molecule has 1 amide bonds. The van der Waals surface area contributed by atoms with Crippen LogP contribution >= 0.6 is 11.3 Å². The molecule has 1 aliphatic heterocycles. The number of aromatic nitrogens is 1. The van der Waals surface area contributed by atoms with Crippen molar-refractivity contribution < 1.29 is 37.3 Å². The van der Waals surface area contributed by atoms with Crippen molar-refractivity contribution >= 4 is 33.2 Å². The first-order chi connectivity index (χ1) is 15.2. The largest absolute Gasteiger partial charge is 0.476 e. The fourth-order valence-electron chi connectivity index (χ4n) is 4.02. The molecule has 0 unspecified atom stereocenters. The summed E-state index contributed by atoms with van der Waals surface area (Å²) in [5.74, 6) is -1.75. The first-order valence-electron chi connectivity index (χ1n) is 10.5. The van der Waals surface area contributed by atoms with E-state index < -0.39 is 39.8 Å². The Morgan fingerprint density at radius 3 is 2.78 bits per heavy atom. The first-order valence-corrected chi connectivity index (χ1v) is 13.0. The number of alkyl halides is 1. The van der Waals surface area contributed by atoms with Gasteiger partial charge in [-0.1, -0.05) is 25.0 Å². The number of carboxylic acid groups (broad SMARTS) is 1. The van der Waals surface area contributed by atoms with Crippen LogP contribution < -0.4 is 0 Å². The lowest BCUT2D eigenvalue weighted by molar-refractivity contribution is -0.0147. The summed E-state index contributed by atoms with van der Waals surface area (Å²) in [5, 5.41) is 20.8. The van der Waals surface area contributed by atoms with Crippen molar-refractivity contribution in [2.75, 3.05) is 25.6 Å². The Morgan fingerprint density at radius 1 is 1.44 bits per heavy atom. The van der Waals surface area contributed by atoms with Crippen molar-refractivity contribution in [1.82, 2.24) is 9.88 Å². The highest BCUT2D eigenvalue weighted by atomic mass is 32.2. The molecule has 12 heteroatoms. The highest BCUT2D eigenvalue weighted by molar-refractivity contribution is 7.93. The Kier molecular flexibility index (Phi) is 7.88. The lowest BCUT2D eigenvalue weighted by Gasteiger charge is -2.45. The molecule has 0 aromatic carbocycles. The third-order valence-electron chi connectivity index (χ3n) is 6.13. The van der Waals surface area contributed by atoms with Crippen LogP contribution in [0.5, 0.6) is 0 Å². The minimum atomic E-state index is -3.88. The number of carbonyl (C=O) groups is 2. The lowest BCUT2D eigenvalue weighted by Crippen LogP contribution is -2.41. The molecule has 3 rings (SSSR count). The van der Waals surface area contributed by atoms with Crippen LogP contribution in [-0.2, 0) is 14.6 Å². The SMILES string of the molecule is O=C(O)c1csc(S(=O)(=O)CCN2C(=O)OC[C@@H]2C=C[C@@H](O)C2(CCCCF)CCC2)n1. The van der Waals surface area contributed by atoms with E-state index in [1.807, 2.05) is 0 Å².